The smallest absolute Gasteiger partial charge is 0.420 e. The minimum atomic E-state index is -4.64. The number of alkyl halides is 3. The lowest BCUT2D eigenvalue weighted by atomic mass is 10.1. The Morgan fingerprint density at radius 2 is 2.06 bits per heavy atom. The van der Waals surface area contributed by atoms with Gasteiger partial charge in [0.25, 0.3) is 5.91 Å². The molecule has 36 heavy (non-hydrogen) atoms. The van der Waals surface area contributed by atoms with E-state index in [2.05, 4.69) is 15.6 Å². The van der Waals surface area contributed by atoms with Crippen molar-refractivity contribution in [1.29, 1.82) is 0 Å². The standard InChI is InChI=1S/C24H27F3N4O4S/c1-2-3-4-11-35-20-8-6-17(14-18(20)24(25,26)27)29-23(36)30-21(32)16-5-7-19(28-15-16)22(33)31-9-12-34-13-10-31/h2-3,5-8,14-15,22,33H,4,9-13H2,1H3,(H2,29,30,32,36)/b3-2+. The molecule has 0 aliphatic carbocycles. The number of benzene rings is 1. The molecule has 1 unspecified atom stereocenters. The van der Waals surface area contributed by atoms with E-state index in [1.165, 1.54) is 30.5 Å². The van der Waals surface area contributed by atoms with Gasteiger partial charge in [-0.05, 0) is 55.9 Å². The molecule has 3 rings (SSSR count). The number of hydrogen-bond donors (Lipinski definition) is 3. The van der Waals surface area contributed by atoms with Crippen LogP contribution >= 0.6 is 12.2 Å². The summed E-state index contributed by atoms with van der Waals surface area (Å²) in [6, 6.07) is 6.45. The highest BCUT2D eigenvalue weighted by atomic mass is 32.1. The van der Waals surface area contributed by atoms with Gasteiger partial charge in [0.1, 0.15) is 5.75 Å². The van der Waals surface area contributed by atoms with Crippen molar-refractivity contribution in [1.82, 2.24) is 15.2 Å². The first kappa shape index (κ1) is 27.5. The number of halogens is 3. The van der Waals surface area contributed by atoms with E-state index in [4.69, 9.17) is 21.7 Å². The zero-order valence-electron chi connectivity index (χ0n) is 19.5. The highest BCUT2D eigenvalue weighted by Gasteiger charge is 2.35. The van der Waals surface area contributed by atoms with Crippen LogP contribution in [0.15, 0.2) is 48.7 Å². The maximum absolute atomic E-state index is 13.5. The predicted octanol–water partition coefficient (Wildman–Crippen LogP) is 3.90. The fourth-order valence-corrected chi connectivity index (χ4v) is 3.61. The molecular weight excluding hydrogens is 497 g/mol. The van der Waals surface area contributed by atoms with Gasteiger partial charge < -0.3 is 19.9 Å². The average molecular weight is 525 g/mol. The fourth-order valence-electron chi connectivity index (χ4n) is 3.40. The lowest BCUT2D eigenvalue weighted by Crippen LogP contribution is -2.39. The van der Waals surface area contributed by atoms with Crippen LogP contribution in [0.2, 0.25) is 0 Å². The number of rotatable bonds is 8. The molecule has 3 N–H and O–H groups in total. The van der Waals surface area contributed by atoms with Gasteiger partial charge in [0.15, 0.2) is 11.3 Å². The van der Waals surface area contributed by atoms with Crippen LogP contribution in [-0.2, 0) is 10.9 Å². The highest BCUT2D eigenvalue weighted by Crippen LogP contribution is 2.38. The zero-order chi connectivity index (χ0) is 26.1. The summed E-state index contributed by atoms with van der Waals surface area (Å²) in [5.41, 5.74) is -0.379. The maximum atomic E-state index is 13.5. The van der Waals surface area contributed by atoms with E-state index in [0.717, 1.165) is 6.07 Å². The molecule has 1 aromatic carbocycles. The summed E-state index contributed by atoms with van der Waals surface area (Å²) in [4.78, 5) is 18.5. The predicted molar refractivity (Wildman–Crippen MR) is 132 cm³/mol. The average Bonchev–Trinajstić information content (AvgIpc) is 2.86. The van der Waals surface area contributed by atoms with Crippen molar-refractivity contribution in [2.24, 2.45) is 0 Å². The van der Waals surface area contributed by atoms with Gasteiger partial charge in [0.05, 0.1) is 36.6 Å². The number of nitrogens with one attached hydrogen (secondary N) is 2. The largest absolute Gasteiger partial charge is 0.493 e. The molecule has 1 aliphatic heterocycles. The summed E-state index contributed by atoms with van der Waals surface area (Å²) in [7, 11) is 0. The molecule has 1 fully saturated rings. The summed E-state index contributed by atoms with van der Waals surface area (Å²) in [6.45, 7) is 4.06. The van der Waals surface area contributed by atoms with Gasteiger partial charge in [-0.2, -0.15) is 13.2 Å². The molecule has 1 aromatic heterocycles. The van der Waals surface area contributed by atoms with E-state index >= 15 is 0 Å². The monoisotopic (exact) mass is 524 g/mol. The number of aliphatic hydroxyl groups excluding tert-OH is 1. The Hall–Kier alpha value is -3.06. The van der Waals surface area contributed by atoms with Crippen molar-refractivity contribution in [3.8, 4) is 5.75 Å². The molecule has 1 saturated heterocycles. The van der Waals surface area contributed by atoms with Crippen molar-refractivity contribution in [3.05, 3.63) is 65.5 Å². The van der Waals surface area contributed by atoms with Gasteiger partial charge in [0.2, 0.25) is 0 Å². The van der Waals surface area contributed by atoms with Crippen LogP contribution in [0.4, 0.5) is 18.9 Å². The van der Waals surface area contributed by atoms with E-state index in [0.29, 0.717) is 38.4 Å². The third-order valence-electron chi connectivity index (χ3n) is 5.25. The Bertz CT molecular complexity index is 1070. The number of nitrogens with zero attached hydrogens (tertiary/aromatic N) is 2. The number of pyridine rings is 1. The van der Waals surface area contributed by atoms with Crippen molar-refractivity contribution < 1.29 is 32.5 Å². The summed E-state index contributed by atoms with van der Waals surface area (Å²) in [6.07, 6.45) is -0.219. The molecule has 8 nitrogen and oxygen atoms in total. The Morgan fingerprint density at radius 1 is 1.31 bits per heavy atom. The third kappa shape index (κ3) is 7.72. The molecule has 12 heteroatoms. The van der Waals surface area contributed by atoms with E-state index in [-0.39, 0.29) is 28.7 Å². The molecule has 2 aromatic rings. The number of aliphatic hydroxyl groups is 1. The summed E-state index contributed by atoms with van der Waals surface area (Å²) < 4.78 is 51.1. The van der Waals surface area contributed by atoms with Crippen LogP contribution in [0, 0.1) is 0 Å². The summed E-state index contributed by atoms with van der Waals surface area (Å²) >= 11 is 5.09. The van der Waals surface area contributed by atoms with Gasteiger partial charge in [-0.15, -0.1) is 0 Å². The number of thiocarbonyl (C=S) groups is 1. The van der Waals surface area contributed by atoms with E-state index in [9.17, 15) is 23.1 Å². The Morgan fingerprint density at radius 3 is 2.69 bits per heavy atom. The van der Waals surface area contributed by atoms with Crippen molar-refractivity contribution in [2.75, 3.05) is 38.2 Å². The lowest BCUT2D eigenvalue weighted by molar-refractivity contribution is -0.138. The summed E-state index contributed by atoms with van der Waals surface area (Å²) in [5, 5.41) is 15.2. The number of allylic oxidation sites excluding steroid dienone is 1. The van der Waals surface area contributed by atoms with Gasteiger partial charge in [-0.1, -0.05) is 12.2 Å². The van der Waals surface area contributed by atoms with E-state index in [1.807, 2.05) is 6.92 Å². The second-order valence-electron chi connectivity index (χ2n) is 7.82. The molecule has 1 aliphatic rings. The second kappa shape index (κ2) is 12.8. The number of amides is 1. The van der Waals surface area contributed by atoms with Gasteiger partial charge in [0, 0.05) is 25.0 Å². The summed E-state index contributed by atoms with van der Waals surface area (Å²) in [5.74, 6) is -0.898. The van der Waals surface area contributed by atoms with E-state index < -0.39 is 23.9 Å². The van der Waals surface area contributed by atoms with Crippen LogP contribution in [0.5, 0.6) is 5.75 Å². The SMILES string of the molecule is C/C=C/CCOc1ccc(NC(=S)NC(=O)c2ccc(C(O)N3CCOCC3)nc2)cc1C(F)(F)F. The second-order valence-corrected chi connectivity index (χ2v) is 8.23. The molecule has 1 amide bonds. The minimum Gasteiger partial charge on any atom is -0.493 e. The van der Waals surface area contributed by atoms with Crippen LogP contribution in [0.3, 0.4) is 0 Å². The number of carbonyl (C=O) groups excluding carboxylic acids is 1. The number of aromatic nitrogens is 1. The van der Waals surface area contributed by atoms with Crippen LogP contribution in [0.25, 0.3) is 0 Å². The molecule has 1 atom stereocenters. The Labute approximate surface area is 212 Å². The van der Waals surface area contributed by atoms with Crippen LogP contribution < -0.4 is 15.4 Å². The fraction of sp³-hybridized carbons (Fsp3) is 0.375. The third-order valence-corrected chi connectivity index (χ3v) is 5.46. The molecular formula is C24H27F3N4O4S. The first-order valence-electron chi connectivity index (χ1n) is 11.2. The van der Waals surface area contributed by atoms with Crippen molar-refractivity contribution in [2.45, 2.75) is 25.7 Å². The first-order valence-corrected chi connectivity index (χ1v) is 11.6. The lowest BCUT2D eigenvalue weighted by Gasteiger charge is -2.30. The molecule has 194 valence electrons. The highest BCUT2D eigenvalue weighted by molar-refractivity contribution is 7.80. The van der Waals surface area contributed by atoms with Crippen molar-refractivity contribution in [3.63, 3.8) is 0 Å². The quantitative estimate of drug-likeness (QED) is 0.272. The molecule has 2 heterocycles. The van der Waals surface area contributed by atoms with Gasteiger partial charge >= 0.3 is 6.18 Å². The van der Waals surface area contributed by atoms with Crippen LogP contribution in [-0.4, -0.2) is 58.9 Å². The first-order chi connectivity index (χ1) is 17.2. The Balaban J connectivity index is 1.60. The minimum absolute atomic E-state index is 0.0375. The maximum Gasteiger partial charge on any atom is 0.420 e. The van der Waals surface area contributed by atoms with Gasteiger partial charge in [-0.25, -0.2) is 0 Å². The zero-order valence-corrected chi connectivity index (χ0v) is 20.4. The number of carbonyl (C=O) groups is 1. The van der Waals surface area contributed by atoms with Crippen molar-refractivity contribution >= 4 is 28.9 Å². The molecule has 0 spiro atoms. The molecule has 0 radical (unpaired) electrons. The topological polar surface area (TPSA) is 96.0 Å². The van der Waals surface area contributed by atoms with Gasteiger partial charge in [-0.3, -0.25) is 20.0 Å². The number of hydrogen-bond acceptors (Lipinski definition) is 7. The normalized spacial score (nSPS) is 15.5. The molecule has 0 bridgehead atoms. The number of ether oxygens (including phenoxy) is 2. The Kier molecular flexibility index (Phi) is 9.76. The molecule has 0 saturated carbocycles. The van der Waals surface area contributed by atoms with E-state index in [1.54, 1.807) is 17.1 Å². The number of anilines is 1. The van der Waals surface area contributed by atoms with Crippen LogP contribution in [0.1, 0.15) is 41.2 Å². The number of morpholine rings is 1.